The number of nitrogens with zero attached hydrogens (tertiary/aromatic N) is 3. The Morgan fingerprint density at radius 3 is 2.71 bits per heavy atom. The molecule has 24 heavy (non-hydrogen) atoms. The first-order valence-electron chi connectivity index (χ1n) is 9.02. The molecule has 0 bridgehead atoms. The van der Waals surface area contributed by atoms with E-state index in [1.54, 1.807) is 0 Å². The summed E-state index contributed by atoms with van der Waals surface area (Å²) in [5, 5.41) is 12.5. The highest BCUT2D eigenvalue weighted by atomic mass is 16.2. The maximum absolute atomic E-state index is 12.2. The molecule has 1 saturated carbocycles. The summed E-state index contributed by atoms with van der Waals surface area (Å²) in [7, 11) is 0. The summed E-state index contributed by atoms with van der Waals surface area (Å²) in [5.74, 6) is 0.160. The summed E-state index contributed by atoms with van der Waals surface area (Å²) in [4.78, 5) is 16.7. The van der Waals surface area contributed by atoms with Gasteiger partial charge in [0.1, 0.15) is 6.07 Å². The van der Waals surface area contributed by atoms with Gasteiger partial charge in [-0.2, -0.15) is 5.26 Å². The number of anilines is 1. The Hall–Kier alpha value is -2.06. The second-order valence-electron chi connectivity index (χ2n) is 6.79. The van der Waals surface area contributed by atoms with Gasteiger partial charge in [0, 0.05) is 32.2 Å². The lowest BCUT2D eigenvalue weighted by molar-refractivity contribution is -0.122. The van der Waals surface area contributed by atoms with E-state index in [-0.39, 0.29) is 5.91 Å². The molecular formula is C19H26N4O. The Morgan fingerprint density at radius 2 is 1.92 bits per heavy atom. The van der Waals surface area contributed by atoms with Crippen molar-refractivity contribution >= 4 is 11.6 Å². The molecule has 1 amide bonds. The Kier molecular flexibility index (Phi) is 5.71. The van der Waals surface area contributed by atoms with E-state index in [1.807, 2.05) is 24.3 Å². The van der Waals surface area contributed by atoms with E-state index in [0.29, 0.717) is 12.6 Å². The van der Waals surface area contributed by atoms with Crippen molar-refractivity contribution in [2.75, 3.05) is 37.6 Å². The number of hydrogen-bond donors (Lipinski definition) is 1. The minimum Gasteiger partial charge on any atom is -0.369 e. The van der Waals surface area contributed by atoms with Crippen LogP contribution in [0.5, 0.6) is 0 Å². The number of rotatable bonds is 4. The molecule has 2 fully saturated rings. The molecule has 0 radical (unpaired) electrons. The van der Waals surface area contributed by atoms with E-state index in [9.17, 15) is 10.1 Å². The standard InChI is InChI=1S/C19H26N4O/c20-14-16-6-1-4-9-18(16)23-11-5-10-22(12-13-23)15-19(24)21-17-7-2-3-8-17/h1,4,6,9,17H,2-3,5,7-8,10-13,15H2,(H,21,24). The van der Waals surface area contributed by atoms with Crippen molar-refractivity contribution in [2.24, 2.45) is 0 Å². The lowest BCUT2D eigenvalue weighted by Gasteiger charge is -2.24. The fraction of sp³-hybridized carbons (Fsp3) is 0.579. The summed E-state index contributed by atoms with van der Waals surface area (Å²) in [5.41, 5.74) is 1.74. The lowest BCUT2D eigenvalue weighted by atomic mass is 10.1. The van der Waals surface area contributed by atoms with Gasteiger partial charge < -0.3 is 10.2 Å². The van der Waals surface area contributed by atoms with E-state index in [4.69, 9.17) is 0 Å². The first-order chi connectivity index (χ1) is 11.8. The van der Waals surface area contributed by atoms with E-state index >= 15 is 0 Å². The number of benzene rings is 1. The van der Waals surface area contributed by atoms with Crippen LogP contribution in [0.1, 0.15) is 37.7 Å². The zero-order valence-electron chi connectivity index (χ0n) is 14.2. The minimum atomic E-state index is 0.160. The fourth-order valence-corrected chi connectivity index (χ4v) is 3.76. The third kappa shape index (κ3) is 4.27. The molecule has 1 aliphatic carbocycles. The first kappa shape index (κ1) is 16.8. The maximum atomic E-state index is 12.2. The molecule has 1 N–H and O–H groups in total. The SMILES string of the molecule is N#Cc1ccccc1N1CCCN(CC(=O)NC2CCCC2)CC1. The van der Waals surface area contributed by atoms with Gasteiger partial charge in [0.2, 0.25) is 5.91 Å². The first-order valence-corrected chi connectivity index (χ1v) is 9.02. The van der Waals surface area contributed by atoms with Crippen molar-refractivity contribution < 1.29 is 4.79 Å². The van der Waals surface area contributed by atoms with Gasteiger partial charge in [-0.05, 0) is 31.4 Å². The third-order valence-electron chi connectivity index (χ3n) is 5.04. The number of nitriles is 1. The van der Waals surface area contributed by atoms with Gasteiger partial charge in [-0.15, -0.1) is 0 Å². The number of carbonyl (C=O) groups is 1. The van der Waals surface area contributed by atoms with Crippen LogP contribution in [0.4, 0.5) is 5.69 Å². The largest absolute Gasteiger partial charge is 0.369 e. The van der Waals surface area contributed by atoms with Gasteiger partial charge in [0.25, 0.3) is 0 Å². The van der Waals surface area contributed by atoms with Gasteiger partial charge >= 0.3 is 0 Å². The molecule has 0 spiro atoms. The highest BCUT2D eigenvalue weighted by Gasteiger charge is 2.21. The molecule has 2 aliphatic rings. The van der Waals surface area contributed by atoms with Gasteiger partial charge in [-0.25, -0.2) is 0 Å². The molecule has 1 heterocycles. The van der Waals surface area contributed by atoms with Crippen molar-refractivity contribution in [1.29, 1.82) is 5.26 Å². The van der Waals surface area contributed by atoms with Crippen LogP contribution in [-0.2, 0) is 4.79 Å². The second kappa shape index (κ2) is 8.16. The molecular weight excluding hydrogens is 300 g/mol. The molecule has 0 aromatic heterocycles. The average molecular weight is 326 g/mol. The Bertz CT molecular complexity index is 604. The third-order valence-corrected chi connectivity index (χ3v) is 5.04. The van der Waals surface area contributed by atoms with Crippen molar-refractivity contribution in [3.8, 4) is 6.07 Å². The quantitative estimate of drug-likeness (QED) is 0.921. The van der Waals surface area contributed by atoms with Gasteiger partial charge in [0.15, 0.2) is 0 Å². The number of para-hydroxylation sites is 1. The van der Waals surface area contributed by atoms with E-state index < -0.39 is 0 Å². The summed E-state index contributed by atoms with van der Waals surface area (Å²) >= 11 is 0. The van der Waals surface area contributed by atoms with E-state index in [1.165, 1.54) is 12.8 Å². The highest BCUT2D eigenvalue weighted by molar-refractivity contribution is 5.78. The Morgan fingerprint density at radius 1 is 1.12 bits per heavy atom. The Labute approximate surface area is 144 Å². The van der Waals surface area contributed by atoms with Crippen molar-refractivity contribution in [3.05, 3.63) is 29.8 Å². The van der Waals surface area contributed by atoms with E-state index in [0.717, 1.165) is 56.7 Å². The topological polar surface area (TPSA) is 59.4 Å². The molecule has 1 aromatic carbocycles. The van der Waals surface area contributed by atoms with Crippen LogP contribution in [0, 0.1) is 11.3 Å². The van der Waals surface area contributed by atoms with Crippen molar-refractivity contribution in [1.82, 2.24) is 10.2 Å². The molecule has 3 rings (SSSR count). The molecule has 5 heteroatoms. The lowest BCUT2D eigenvalue weighted by Crippen LogP contribution is -2.42. The predicted octanol–water partition coefficient (Wildman–Crippen LogP) is 2.13. The van der Waals surface area contributed by atoms with Crippen LogP contribution in [0.25, 0.3) is 0 Å². The fourth-order valence-electron chi connectivity index (χ4n) is 3.76. The smallest absolute Gasteiger partial charge is 0.234 e. The summed E-state index contributed by atoms with van der Waals surface area (Å²) < 4.78 is 0. The Balaban J connectivity index is 1.53. The zero-order chi connectivity index (χ0) is 16.8. The van der Waals surface area contributed by atoms with Crippen LogP contribution >= 0.6 is 0 Å². The minimum absolute atomic E-state index is 0.160. The van der Waals surface area contributed by atoms with Crippen LogP contribution in [0.15, 0.2) is 24.3 Å². The predicted molar refractivity (Wildman–Crippen MR) is 94.8 cm³/mol. The maximum Gasteiger partial charge on any atom is 0.234 e. The highest BCUT2D eigenvalue weighted by Crippen LogP contribution is 2.21. The zero-order valence-corrected chi connectivity index (χ0v) is 14.2. The normalized spacial score (nSPS) is 19.7. The number of nitrogens with one attached hydrogen (secondary N) is 1. The number of amides is 1. The van der Waals surface area contributed by atoms with E-state index in [2.05, 4.69) is 21.2 Å². The molecule has 128 valence electrons. The molecule has 5 nitrogen and oxygen atoms in total. The van der Waals surface area contributed by atoms with Gasteiger partial charge in [-0.1, -0.05) is 25.0 Å². The molecule has 1 aliphatic heterocycles. The molecule has 1 saturated heterocycles. The second-order valence-corrected chi connectivity index (χ2v) is 6.79. The summed E-state index contributed by atoms with van der Waals surface area (Å²) in [6.45, 7) is 4.07. The van der Waals surface area contributed by atoms with Crippen LogP contribution < -0.4 is 10.2 Å². The van der Waals surface area contributed by atoms with Crippen LogP contribution in [0.3, 0.4) is 0 Å². The van der Waals surface area contributed by atoms with Crippen LogP contribution in [-0.4, -0.2) is 49.6 Å². The molecule has 0 atom stereocenters. The summed E-state index contributed by atoms with van der Waals surface area (Å²) in [6, 6.07) is 10.4. The average Bonchev–Trinajstić information content (AvgIpc) is 2.99. The van der Waals surface area contributed by atoms with Crippen molar-refractivity contribution in [2.45, 2.75) is 38.1 Å². The van der Waals surface area contributed by atoms with Gasteiger partial charge in [0.05, 0.1) is 17.8 Å². The molecule has 0 unspecified atom stereocenters. The number of hydrogen-bond acceptors (Lipinski definition) is 4. The number of carbonyl (C=O) groups excluding carboxylic acids is 1. The summed E-state index contributed by atoms with van der Waals surface area (Å²) in [6.07, 6.45) is 5.75. The monoisotopic (exact) mass is 326 g/mol. The van der Waals surface area contributed by atoms with Gasteiger partial charge in [-0.3, -0.25) is 9.69 Å². The van der Waals surface area contributed by atoms with Crippen molar-refractivity contribution in [3.63, 3.8) is 0 Å². The van der Waals surface area contributed by atoms with Crippen LogP contribution in [0.2, 0.25) is 0 Å². The molecule has 1 aromatic rings.